The number of carboxylic acid groups (broad SMARTS) is 1. The molecule has 108 valence electrons. The van der Waals surface area contributed by atoms with Gasteiger partial charge in [-0.2, -0.15) is 0 Å². The second kappa shape index (κ2) is 6.19. The second-order valence-electron chi connectivity index (χ2n) is 4.66. The first-order chi connectivity index (χ1) is 10.0. The molecule has 0 aromatic heterocycles. The molecule has 2 aromatic carbocycles. The smallest absolute Gasteiger partial charge is 0.336 e. The van der Waals surface area contributed by atoms with Gasteiger partial charge in [0.05, 0.1) is 5.56 Å². The third-order valence-corrected chi connectivity index (χ3v) is 3.26. The third-order valence-electron chi connectivity index (χ3n) is 3.26. The predicted octanol–water partition coefficient (Wildman–Crippen LogP) is 2.33. The maximum absolute atomic E-state index is 12.2. The Morgan fingerprint density at radius 2 is 1.76 bits per heavy atom. The molecule has 2 rings (SSSR count). The minimum Gasteiger partial charge on any atom is -0.478 e. The van der Waals surface area contributed by atoms with Crippen molar-refractivity contribution in [1.82, 2.24) is 0 Å². The summed E-state index contributed by atoms with van der Waals surface area (Å²) < 4.78 is 0. The van der Waals surface area contributed by atoms with Crippen molar-refractivity contribution in [3.05, 3.63) is 65.2 Å². The van der Waals surface area contributed by atoms with Crippen LogP contribution >= 0.6 is 0 Å². The molecule has 0 saturated heterocycles. The number of carboxylic acids is 1. The van der Waals surface area contributed by atoms with Gasteiger partial charge in [-0.1, -0.05) is 36.4 Å². The summed E-state index contributed by atoms with van der Waals surface area (Å²) in [5.41, 5.74) is 7.71. The molecule has 5 heteroatoms. The molecule has 0 heterocycles. The van der Waals surface area contributed by atoms with Crippen LogP contribution in [0, 0.1) is 6.92 Å². The van der Waals surface area contributed by atoms with Gasteiger partial charge in [0.1, 0.15) is 6.04 Å². The molecule has 0 bridgehead atoms. The number of nitrogens with one attached hydrogen (secondary N) is 1. The van der Waals surface area contributed by atoms with Crippen molar-refractivity contribution in [2.75, 3.05) is 5.32 Å². The summed E-state index contributed by atoms with van der Waals surface area (Å²) >= 11 is 0. The Balaban J connectivity index is 2.21. The molecular weight excluding hydrogens is 268 g/mol. The summed E-state index contributed by atoms with van der Waals surface area (Å²) in [5, 5.41) is 11.8. The van der Waals surface area contributed by atoms with Crippen LogP contribution in [0.15, 0.2) is 48.5 Å². The van der Waals surface area contributed by atoms with Crippen LogP contribution in [-0.4, -0.2) is 17.0 Å². The van der Waals surface area contributed by atoms with E-state index in [0.717, 1.165) is 0 Å². The van der Waals surface area contributed by atoms with Crippen LogP contribution in [0.25, 0.3) is 0 Å². The fourth-order valence-electron chi connectivity index (χ4n) is 2.02. The van der Waals surface area contributed by atoms with Gasteiger partial charge in [0.25, 0.3) is 0 Å². The average Bonchev–Trinajstić information content (AvgIpc) is 2.49. The van der Waals surface area contributed by atoms with Crippen LogP contribution in [0.4, 0.5) is 5.69 Å². The van der Waals surface area contributed by atoms with Gasteiger partial charge in [0, 0.05) is 5.69 Å². The van der Waals surface area contributed by atoms with E-state index in [1.165, 1.54) is 6.07 Å². The highest BCUT2D eigenvalue weighted by Crippen LogP contribution is 2.20. The molecule has 0 saturated carbocycles. The molecule has 5 nitrogen and oxygen atoms in total. The van der Waals surface area contributed by atoms with Crippen LogP contribution < -0.4 is 11.1 Å². The largest absolute Gasteiger partial charge is 0.478 e. The van der Waals surface area contributed by atoms with E-state index in [0.29, 0.717) is 16.8 Å². The first kappa shape index (κ1) is 14.7. The minimum absolute atomic E-state index is 0.154. The standard InChI is InChI=1S/C16H16N2O3/c1-10-12(16(20)21)8-5-9-13(10)18-15(19)14(17)11-6-3-2-4-7-11/h2-9,14H,17H2,1H3,(H,18,19)(H,20,21)/t14-/m0/s1. The van der Waals surface area contributed by atoms with Crippen LogP contribution in [0.2, 0.25) is 0 Å². The number of benzene rings is 2. The Morgan fingerprint density at radius 3 is 2.38 bits per heavy atom. The van der Waals surface area contributed by atoms with Gasteiger partial charge in [-0.15, -0.1) is 0 Å². The molecule has 0 fully saturated rings. The predicted molar refractivity (Wildman–Crippen MR) is 80.1 cm³/mol. The van der Waals surface area contributed by atoms with Gasteiger partial charge in [-0.25, -0.2) is 4.79 Å². The Morgan fingerprint density at radius 1 is 1.10 bits per heavy atom. The molecule has 1 atom stereocenters. The van der Waals surface area contributed by atoms with E-state index >= 15 is 0 Å². The topological polar surface area (TPSA) is 92.4 Å². The van der Waals surface area contributed by atoms with Crippen LogP contribution in [0.3, 0.4) is 0 Å². The van der Waals surface area contributed by atoms with Crippen molar-refractivity contribution in [2.45, 2.75) is 13.0 Å². The van der Waals surface area contributed by atoms with Crippen LogP contribution in [0.1, 0.15) is 27.5 Å². The molecule has 0 radical (unpaired) electrons. The quantitative estimate of drug-likeness (QED) is 0.803. The van der Waals surface area contributed by atoms with E-state index in [9.17, 15) is 9.59 Å². The Hall–Kier alpha value is -2.66. The number of carbonyl (C=O) groups is 2. The zero-order valence-electron chi connectivity index (χ0n) is 11.5. The van der Waals surface area contributed by atoms with Crippen molar-refractivity contribution < 1.29 is 14.7 Å². The van der Waals surface area contributed by atoms with Gasteiger partial charge < -0.3 is 16.2 Å². The zero-order valence-corrected chi connectivity index (χ0v) is 11.5. The monoisotopic (exact) mass is 284 g/mol. The second-order valence-corrected chi connectivity index (χ2v) is 4.66. The number of hydrogen-bond donors (Lipinski definition) is 3. The molecule has 0 spiro atoms. The van der Waals surface area contributed by atoms with E-state index in [4.69, 9.17) is 10.8 Å². The Bertz CT molecular complexity index is 668. The minimum atomic E-state index is -1.03. The average molecular weight is 284 g/mol. The summed E-state index contributed by atoms with van der Waals surface area (Å²) in [7, 11) is 0. The molecular formula is C16H16N2O3. The van der Waals surface area contributed by atoms with Crippen molar-refractivity contribution >= 4 is 17.6 Å². The van der Waals surface area contributed by atoms with E-state index in [-0.39, 0.29) is 11.5 Å². The normalized spacial score (nSPS) is 11.7. The van der Waals surface area contributed by atoms with Crippen molar-refractivity contribution in [2.24, 2.45) is 5.73 Å². The summed E-state index contributed by atoms with van der Waals surface area (Å²) in [6.45, 7) is 1.65. The Labute approximate surface area is 122 Å². The molecule has 1 amide bonds. The fourth-order valence-corrected chi connectivity index (χ4v) is 2.02. The number of rotatable bonds is 4. The van der Waals surface area contributed by atoms with E-state index in [1.807, 2.05) is 6.07 Å². The number of aromatic carboxylic acids is 1. The van der Waals surface area contributed by atoms with Gasteiger partial charge in [0.15, 0.2) is 0 Å². The van der Waals surface area contributed by atoms with Crippen LogP contribution in [0.5, 0.6) is 0 Å². The molecule has 0 aliphatic carbocycles. The Kier molecular flexibility index (Phi) is 4.35. The van der Waals surface area contributed by atoms with E-state index < -0.39 is 12.0 Å². The molecule has 0 unspecified atom stereocenters. The molecule has 21 heavy (non-hydrogen) atoms. The number of hydrogen-bond acceptors (Lipinski definition) is 3. The first-order valence-electron chi connectivity index (χ1n) is 6.45. The number of carbonyl (C=O) groups excluding carboxylic acids is 1. The summed E-state index contributed by atoms with van der Waals surface area (Å²) in [4.78, 5) is 23.2. The number of nitrogens with two attached hydrogens (primary N) is 1. The van der Waals surface area contributed by atoms with Crippen molar-refractivity contribution in [3.63, 3.8) is 0 Å². The lowest BCUT2D eigenvalue weighted by atomic mass is 10.0. The molecule has 4 N–H and O–H groups in total. The maximum atomic E-state index is 12.2. The first-order valence-corrected chi connectivity index (χ1v) is 6.45. The zero-order chi connectivity index (χ0) is 15.4. The number of anilines is 1. The van der Waals surface area contributed by atoms with E-state index in [1.54, 1.807) is 43.3 Å². The van der Waals surface area contributed by atoms with E-state index in [2.05, 4.69) is 5.32 Å². The number of amides is 1. The van der Waals surface area contributed by atoms with Crippen molar-refractivity contribution in [3.8, 4) is 0 Å². The van der Waals surface area contributed by atoms with Gasteiger partial charge >= 0.3 is 5.97 Å². The highest BCUT2D eigenvalue weighted by atomic mass is 16.4. The molecule has 2 aromatic rings. The summed E-state index contributed by atoms with van der Waals surface area (Å²) in [5.74, 6) is -1.41. The van der Waals surface area contributed by atoms with Gasteiger partial charge in [-0.05, 0) is 30.2 Å². The highest BCUT2D eigenvalue weighted by Gasteiger charge is 2.17. The van der Waals surface area contributed by atoms with Gasteiger partial charge in [-0.3, -0.25) is 4.79 Å². The lowest BCUT2D eigenvalue weighted by Gasteiger charge is -2.15. The lowest BCUT2D eigenvalue weighted by molar-refractivity contribution is -0.117. The van der Waals surface area contributed by atoms with Gasteiger partial charge in [0.2, 0.25) is 5.91 Å². The fraction of sp³-hybridized carbons (Fsp3) is 0.125. The lowest BCUT2D eigenvalue weighted by Crippen LogP contribution is -2.28. The molecule has 0 aliphatic rings. The van der Waals surface area contributed by atoms with Crippen molar-refractivity contribution in [1.29, 1.82) is 0 Å². The highest BCUT2D eigenvalue weighted by molar-refractivity contribution is 5.98. The SMILES string of the molecule is Cc1c(NC(=O)[C@@H](N)c2ccccc2)cccc1C(=O)O. The maximum Gasteiger partial charge on any atom is 0.336 e. The summed E-state index contributed by atoms with van der Waals surface area (Å²) in [6, 6.07) is 12.9. The third kappa shape index (κ3) is 3.27. The van der Waals surface area contributed by atoms with Crippen LogP contribution in [-0.2, 0) is 4.79 Å². The molecule has 0 aliphatic heterocycles. The summed E-state index contributed by atoms with van der Waals surface area (Å²) in [6.07, 6.45) is 0.